The lowest BCUT2D eigenvalue weighted by molar-refractivity contribution is 0.498. The fraction of sp³-hybridized carbons (Fsp3) is 0.286. The Bertz CT molecular complexity index is 692. The van der Waals surface area contributed by atoms with E-state index in [4.69, 9.17) is 8.83 Å². The first-order valence-electron chi connectivity index (χ1n) is 6.14. The van der Waals surface area contributed by atoms with Crippen LogP contribution in [0.2, 0.25) is 0 Å². The van der Waals surface area contributed by atoms with Crippen LogP contribution < -0.4 is 0 Å². The second kappa shape index (κ2) is 4.42. The van der Waals surface area contributed by atoms with Crippen LogP contribution in [-0.4, -0.2) is 14.8 Å². The molecule has 0 spiro atoms. The zero-order valence-electron chi connectivity index (χ0n) is 11.2. The van der Waals surface area contributed by atoms with Crippen LogP contribution in [-0.2, 0) is 6.54 Å². The van der Waals surface area contributed by atoms with Gasteiger partial charge in [-0.3, -0.25) is 4.68 Å². The van der Waals surface area contributed by atoms with Crippen LogP contribution in [0.1, 0.15) is 22.8 Å². The van der Waals surface area contributed by atoms with Crippen LogP contribution in [0.4, 0.5) is 0 Å². The predicted octanol–water partition coefficient (Wildman–Crippen LogP) is 3.10. The smallest absolute Gasteiger partial charge is 0.263 e. The summed E-state index contributed by atoms with van der Waals surface area (Å²) in [5.41, 5.74) is 2.99. The standard InChI is InChI=1S/C14H15N3O2/c1-9-7-10(2)17(16-9)8-12-11(3)19-14(15-12)13-5-4-6-18-13/h4-7H,8H2,1-3H3. The summed E-state index contributed by atoms with van der Waals surface area (Å²) in [5, 5.41) is 4.43. The molecule has 98 valence electrons. The van der Waals surface area contributed by atoms with E-state index in [1.165, 1.54) is 0 Å². The lowest BCUT2D eigenvalue weighted by Crippen LogP contribution is -2.05. The molecule has 5 heteroatoms. The van der Waals surface area contributed by atoms with E-state index >= 15 is 0 Å². The van der Waals surface area contributed by atoms with E-state index in [0.717, 1.165) is 22.8 Å². The first kappa shape index (κ1) is 11.8. The summed E-state index contributed by atoms with van der Waals surface area (Å²) in [6, 6.07) is 5.69. The number of oxazole rings is 1. The minimum absolute atomic E-state index is 0.513. The number of rotatable bonds is 3. The van der Waals surface area contributed by atoms with Crippen LogP contribution >= 0.6 is 0 Å². The number of aromatic nitrogens is 3. The maximum Gasteiger partial charge on any atom is 0.263 e. The molecule has 0 bridgehead atoms. The summed E-state index contributed by atoms with van der Waals surface area (Å²) in [5.74, 6) is 1.95. The molecule has 0 N–H and O–H groups in total. The predicted molar refractivity (Wildman–Crippen MR) is 69.7 cm³/mol. The van der Waals surface area contributed by atoms with Crippen molar-refractivity contribution in [1.82, 2.24) is 14.8 Å². The van der Waals surface area contributed by atoms with Crippen molar-refractivity contribution in [2.45, 2.75) is 27.3 Å². The highest BCUT2D eigenvalue weighted by molar-refractivity contribution is 5.44. The van der Waals surface area contributed by atoms with Gasteiger partial charge in [-0.25, -0.2) is 4.98 Å². The summed E-state index contributed by atoms with van der Waals surface area (Å²) >= 11 is 0. The van der Waals surface area contributed by atoms with Crippen molar-refractivity contribution in [3.63, 3.8) is 0 Å². The Hall–Kier alpha value is -2.30. The van der Waals surface area contributed by atoms with Gasteiger partial charge in [0.15, 0.2) is 5.76 Å². The average molecular weight is 257 g/mol. The molecule has 3 heterocycles. The molecule has 0 radical (unpaired) electrons. The third kappa shape index (κ3) is 2.19. The second-order valence-electron chi connectivity index (χ2n) is 4.58. The molecule has 0 atom stereocenters. The summed E-state index contributed by atoms with van der Waals surface area (Å²) in [7, 11) is 0. The van der Waals surface area contributed by atoms with Gasteiger partial charge in [0.25, 0.3) is 5.89 Å². The fourth-order valence-electron chi connectivity index (χ4n) is 2.06. The van der Waals surface area contributed by atoms with E-state index in [-0.39, 0.29) is 0 Å². The van der Waals surface area contributed by atoms with E-state index in [1.807, 2.05) is 43.7 Å². The molecule has 3 aromatic rings. The third-order valence-electron chi connectivity index (χ3n) is 3.03. The highest BCUT2D eigenvalue weighted by Gasteiger charge is 2.14. The molecule has 0 amide bonds. The van der Waals surface area contributed by atoms with Crippen molar-refractivity contribution in [3.05, 3.63) is 47.3 Å². The molecule has 0 saturated carbocycles. The van der Waals surface area contributed by atoms with Gasteiger partial charge in [-0.15, -0.1) is 0 Å². The lowest BCUT2D eigenvalue weighted by Gasteiger charge is -2.01. The van der Waals surface area contributed by atoms with Crippen LogP contribution in [0.25, 0.3) is 11.7 Å². The highest BCUT2D eigenvalue weighted by atomic mass is 16.4. The van der Waals surface area contributed by atoms with Gasteiger partial charge in [-0.2, -0.15) is 5.10 Å². The Labute approximate surface area is 110 Å². The van der Waals surface area contributed by atoms with E-state index in [2.05, 4.69) is 10.1 Å². The average Bonchev–Trinajstić information content (AvgIpc) is 3.03. The summed E-state index contributed by atoms with van der Waals surface area (Å²) in [4.78, 5) is 4.48. The van der Waals surface area contributed by atoms with Crippen molar-refractivity contribution >= 4 is 0 Å². The summed E-state index contributed by atoms with van der Waals surface area (Å²) in [6.45, 7) is 6.52. The maximum absolute atomic E-state index is 5.63. The van der Waals surface area contributed by atoms with E-state index in [0.29, 0.717) is 18.2 Å². The van der Waals surface area contributed by atoms with Crippen LogP contribution in [0, 0.1) is 20.8 Å². The third-order valence-corrected chi connectivity index (χ3v) is 3.03. The molecular formula is C14H15N3O2. The van der Waals surface area contributed by atoms with Gasteiger partial charge in [0.1, 0.15) is 11.5 Å². The molecule has 0 aliphatic rings. The molecule has 5 nitrogen and oxygen atoms in total. The van der Waals surface area contributed by atoms with Crippen molar-refractivity contribution in [1.29, 1.82) is 0 Å². The van der Waals surface area contributed by atoms with Crippen LogP contribution in [0.3, 0.4) is 0 Å². The Morgan fingerprint density at radius 3 is 2.74 bits per heavy atom. The first-order valence-corrected chi connectivity index (χ1v) is 6.14. The molecule has 0 aromatic carbocycles. The fourth-order valence-corrected chi connectivity index (χ4v) is 2.06. The Morgan fingerprint density at radius 2 is 2.11 bits per heavy atom. The Morgan fingerprint density at radius 1 is 1.26 bits per heavy atom. The minimum atomic E-state index is 0.513. The topological polar surface area (TPSA) is 57.0 Å². The molecular weight excluding hydrogens is 242 g/mol. The van der Waals surface area contributed by atoms with Crippen molar-refractivity contribution in [2.24, 2.45) is 0 Å². The summed E-state index contributed by atoms with van der Waals surface area (Å²) < 4.78 is 12.8. The number of hydrogen-bond donors (Lipinski definition) is 0. The molecule has 19 heavy (non-hydrogen) atoms. The van der Waals surface area contributed by atoms with Crippen molar-refractivity contribution < 1.29 is 8.83 Å². The summed E-state index contributed by atoms with van der Waals surface area (Å²) in [6.07, 6.45) is 1.61. The first-order chi connectivity index (χ1) is 9.13. The number of aryl methyl sites for hydroxylation is 3. The van der Waals surface area contributed by atoms with Gasteiger partial charge in [0.2, 0.25) is 0 Å². The van der Waals surface area contributed by atoms with Crippen molar-refractivity contribution in [3.8, 4) is 11.7 Å². The number of furan rings is 1. The van der Waals surface area contributed by atoms with Gasteiger partial charge >= 0.3 is 0 Å². The molecule has 0 aliphatic heterocycles. The maximum atomic E-state index is 5.63. The highest BCUT2D eigenvalue weighted by Crippen LogP contribution is 2.22. The largest absolute Gasteiger partial charge is 0.459 e. The molecule has 0 unspecified atom stereocenters. The molecule has 0 saturated heterocycles. The Kier molecular flexibility index (Phi) is 2.74. The van der Waals surface area contributed by atoms with Gasteiger partial charge in [-0.1, -0.05) is 0 Å². The van der Waals surface area contributed by atoms with Crippen LogP contribution in [0.5, 0.6) is 0 Å². The van der Waals surface area contributed by atoms with E-state index < -0.39 is 0 Å². The molecule has 3 aromatic heterocycles. The minimum Gasteiger partial charge on any atom is -0.459 e. The SMILES string of the molecule is Cc1cc(C)n(Cc2nc(-c3ccco3)oc2C)n1. The van der Waals surface area contributed by atoms with Gasteiger partial charge in [0.05, 0.1) is 18.5 Å². The lowest BCUT2D eigenvalue weighted by atomic mass is 10.3. The zero-order valence-corrected chi connectivity index (χ0v) is 11.2. The van der Waals surface area contributed by atoms with E-state index in [1.54, 1.807) is 6.26 Å². The van der Waals surface area contributed by atoms with Crippen LogP contribution in [0.15, 0.2) is 33.3 Å². The van der Waals surface area contributed by atoms with Gasteiger partial charge in [0, 0.05) is 5.69 Å². The number of hydrogen-bond acceptors (Lipinski definition) is 4. The second-order valence-corrected chi connectivity index (χ2v) is 4.58. The normalized spacial score (nSPS) is 11.1. The monoisotopic (exact) mass is 257 g/mol. The van der Waals surface area contributed by atoms with Gasteiger partial charge in [-0.05, 0) is 39.0 Å². The van der Waals surface area contributed by atoms with Gasteiger partial charge < -0.3 is 8.83 Å². The Balaban J connectivity index is 1.92. The molecule has 0 aliphatic carbocycles. The van der Waals surface area contributed by atoms with Crippen molar-refractivity contribution in [2.75, 3.05) is 0 Å². The molecule has 3 rings (SSSR count). The van der Waals surface area contributed by atoms with E-state index in [9.17, 15) is 0 Å². The molecule has 0 fully saturated rings. The number of nitrogens with zero attached hydrogens (tertiary/aromatic N) is 3. The zero-order chi connectivity index (χ0) is 13.4. The quantitative estimate of drug-likeness (QED) is 0.723.